The van der Waals surface area contributed by atoms with E-state index in [1.54, 1.807) is 14.2 Å². The molecular formula is C24H34O5. The molecule has 0 aromatic heterocycles. The summed E-state index contributed by atoms with van der Waals surface area (Å²) in [6.07, 6.45) is 8.05. The van der Waals surface area contributed by atoms with Gasteiger partial charge in [0, 0.05) is 20.8 Å². The van der Waals surface area contributed by atoms with Crippen LogP contribution in [0.3, 0.4) is 0 Å². The van der Waals surface area contributed by atoms with Crippen molar-refractivity contribution in [2.24, 2.45) is 17.3 Å². The molecule has 4 rings (SSSR count). The van der Waals surface area contributed by atoms with Crippen LogP contribution in [0, 0.1) is 17.3 Å². The summed E-state index contributed by atoms with van der Waals surface area (Å²) in [6.45, 7) is 3.19. The van der Waals surface area contributed by atoms with Crippen LogP contribution in [-0.2, 0) is 14.2 Å². The molecule has 5 heteroatoms. The van der Waals surface area contributed by atoms with E-state index in [-0.39, 0.29) is 24.9 Å². The summed E-state index contributed by atoms with van der Waals surface area (Å²) < 4.78 is 22.0. The number of methoxy groups -OCH3 is 2. The highest BCUT2D eigenvalue weighted by Gasteiger charge is 2.55. The van der Waals surface area contributed by atoms with Crippen LogP contribution in [0.4, 0.5) is 0 Å². The number of allylic oxidation sites excluding steroid dienone is 1. The molecule has 0 spiro atoms. The van der Waals surface area contributed by atoms with Gasteiger partial charge in [-0.3, -0.25) is 0 Å². The molecule has 1 N–H and O–H groups in total. The van der Waals surface area contributed by atoms with Gasteiger partial charge >= 0.3 is 0 Å². The van der Waals surface area contributed by atoms with Gasteiger partial charge in [0.2, 0.25) is 0 Å². The topological polar surface area (TPSA) is 57.2 Å². The molecule has 3 aliphatic rings. The zero-order chi connectivity index (χ0) is 20.4. The first kappa shape index (κ1) is 20.9. The van der Waals surface area contributed by atoms with E-state index in [4.69, 9.17) is 18.9 Å². The number of ether oxygens (including phenoxy) is 4. The predicted octanol–water partition coefficient (Wildman–Crippen LogP) is 4.35. The first-order chi connectivity index (χ1) is 14.1. The summed E-state index contributed by atoms with van der Waals surface area (Å²) in [4.78, 5) is 0. The summed E-state index contributed by atoms with van der Waals surface area (Å²) in [5, 5.41) is 9.70. The standard InChI is InChI=1S/C24H34O5/c1-24-10-8-19-18-5-4-17(28-14-26-2)13-20(18)16(9-11-25)12-21(19)22(24)6-7-23(24)29-15-27-3/h4-5,12-13,19,21-23,25H,6-11,14-15H2,1-3H3/t19-,21-,22+,23+,24+/m1/s1. The highest BCUT2D eigenvalue weighted by atomic mass is 16.7. The Bertz CT molecular complexity index is 745. The highest BCUT2D eigenvalue weighted by Crippen LogP contribution is 2.61. The molecule has 29 heavy (non-hydrogen) atoms. The van der Waals surface area contributed by atoms with Gasteiger partial charge in [-0.25, -0.2) is 0 Å². The smallest absolute Gasteiger partial charge is 0.188 e. The van der Waals surface area contributed by atoms with Crippen LogP contribution in [0.15, 0.2) is 24.3 Å². The van der Waals surface area contributed by atoms with Gasteiger partial charge in [-0.2, -0.15) is 0 Å². The Morgan fingerprint density at radius 3 is 2.69 bits per heavy atom. The summed E-state index contributed by atoms with van der Waals surface area (Å²) in [5.41, 5.74) is 4.09. The third-order valence-electron chi connectivity index (χ3n) is 7.52. The van der Waals surface area contributed by atoms with Gasteiger partial charge < -0.3 is 24.1 Å². The summed E-state index contributed by atoms with van der Waals surface area (Å²) in [7, 11) is 3.32. The molecule has 5 atom stereocenters. The van der Waals surface area contributed by atoms with E-state index in [1.807, 2.05) is 0 Å². The normalized spacial score (nSPS) is 32.9. The van der Waals surface area contributed by atoms with Crippen molar-refractivity contribution in [2.75, 3.05) is 34.4 Å². The fourth-order valence-corrected chi connectivity index (χ4v) is 6.18. The average Bonchev–Trinajstić information content (AvgIpc) is 3.07. The Labute approximate surface area is 174 Å². The molecule has 0 bridgehead atoms. The second kappa shape index (κ2) is 8.76. The second-order valence-electron chi connectivity index (χ2n) is 8.94. The number of fused-ring (bicyclic) bond motifs is 5. The van der Waals surface area contributed by atoms with Crippen LogP contribution >= 0.6 is 0 Å². The lowest BCUT2D eigenvalue weighted by Gasteiger charge is -2.49. The van der Waals surface area contributed by atoms with Crippen LogP contribution < -0.4 is 4.74 Å². The van der Waals surface area contributed by atoms with Crippen LogP contribution in [0.1, 0.15) is 56.1 Å². The number of hydrogen-bond donors (Lipinski definition) is 1. The zero-order valence-electron chi connectivity index (χ0n) is 17.9. The predicted molar refractivity (Wildman–Crippen MR) is 112 cm³/mol. The van der Waals surface area contributed by atoms with Crippen LogP contribution in [0.25, 0.3) is 5.57 Å². The lowest BCUT2D eigenvalue weighted by Crippen LogP contribution is -2.44. The molecule has 0 heterocycles. The van der Waals surface area contributed by atoms with Crippen LogP contribution in [-0.4, -0.2) is 45.6 Å². The first-order valence-electron chi connectivity index (χ1n) is 10.8. The van der Waals surface area contributed by atoms with Gasteiger partial charge in [0.25, 0.3) is 0 Å². The number of hydrogen-bond acceptors (Lipinski definition) is 5. The molecule has 2 fully saturated rings. The van der Waals surface area contributed by atoms with Crippen LogP contribution in [0.5, 0.6) is 5.75 Å². The number of aliphatic hydroxyl groups is 1. The Morgan fingerprint density at radius 1 is 1.10 bits per heavy atom. The Balaban J connectivity index is 1.65. The molecule has 0 amide bonds. The molecule has 3 aliphatic carbocycles. The summed E-state index contributed by atoms with van der Waals surface area (Å²) in [6, 6.07) is 6.42. The van der Waals surface area contributed by atoms with Crippen molar-refractivity contribution in [3.05, 3.63) is 35.4 Å². The molecule has 2 saturated carbocycles. The molecule has 0 saturated heterocycles. The van der Waals surface area contributed by atoms with Crippen molar-refractivity contribution in [1.82, 2.24) is 0 Å². The third-order valence-corrected chi connectivity index (χ3v) is 7.52. The molecule has 0 unspecified atom stereocenters. The first-order valence-corrected chi connectivity index (χ1v) is 10.8. The van der Waals surface area contributed by atoms with E-state index in [1.165, 1.54) is 36.0 Å². The maximum absolute atomic E-state index is 9.70. The van der Waals surface area contributed by atoms with Gasteiger partial charge in [0.05, 0.1) is 6.10 Å². The van der Waals surface area contributed by atoms with Gasteiger partial charge in [0.15, 0.2) is 6.79 Å². The number of benzene rings is 1. The monoisotopic (exact) mass is 402 g/mol. The second-order valence-corrected chi connectivity index (χ2v) is 8.94. The molecular weight excluding hydrogens is 368 g/mol. The van der Waals surface area contributed by atoms with Crippen molar-refractivity contribution in [3.63, 3.8) is 0 Å². The average molecular weight is 403 g/mol. The SMILES string of the molecule is COCOc1ccc2c(c1)C(CCO)=C[C@@H]1[C@@H]2CC[C@]2(C)[C@@H](OCOC)CC[C@@H]12. The van der Waals surface area contributed by atoms with Crippen LogP contribution in [0.2, 0.25) is 0 Å². The van der Waals surface area contributed by atoms with Crippen molar-refractivity contribution in [2.45, 2.75) is 51.0 Å². The fraction of sp³-hybridized carbons (Fsp3) is 0.667. The fourth-order valence-electron chi connectivity index (χ4n) is 6.18. The van der Waals surface area contributed by atoms with Crippen molar-refractivity contribution < 1.29 is 24.1 Å². The zero-order valence-corrected chi connectivity index (χ0v) is 17.9. The highest BCUT2D eigenvalue weighted by molar-refractivity contribution is 5.73. The minimum absolute atomic E-state index is 0.160. The molecule has 160 valence electrons. The minimum Gasteiger partial charge on any atom is -0.468 e. The van der Waals surface area contributed by atoms with Gasteiger partial charge in [-0.05, 0) is 84.1 Å². The van der Waals surface area contributed by atoms with E-state index in [0.29, 0.717) is 31.0 Å². The van der Waals surface area contributed by atoms with E-state index in [9.17, 15) is 5.11 Å². The van der Waals surface area contributed by atoms with E-state index < -0.39 is 0 Å². The van der Waals surface area contributed by atoms with Gasteiger partial charge in [0.1, 0.15) is 12.5 Å². The van der Waals surface area contributed by atoms with Crippen molar-refractivity contribution in [3.8, 4) is 5.75 Å². The third kappa shape index (κ3) is 3.74. The van der Waals surface area contributed by atoms with Crippen molar-refractivity contribution in [1.29, 1.82) is 0 Å². The Hall–Kier alpha value is -1.40. The Kier molecular flexibility index (Phi) is 6.30. The number of rotatable bonds is 8. The minimum atomic E-state index is 0.160. The molecule has 5 nitrogen and oxygen atoms in total. The largest absolute Gasteiger partial charge is 0.468 e. The molecule has 0 aliphatic heterocycles. The van der Waals surface area contributed by atoms with E-state index in [0.717, 1.165) is 12.2 Å². The summed E-state index contributed by atoms with van der Waals surface area (Å²) >= 11 is 0. The van der Waals surface area contributed by atoms with Gasteiger partial charge in [-0.1, -0.05) is 19.1 Å². The van der Waals surface area contributed by atoms with Gasteiger partial charge in [-0.15, -0.1) is 0 Å². The maximum Gasteiger partial charge on any atom is 0.188 e. The molecule has 1 aromatic carbocycles. The van der Waals surface area contributed by atoms with E-state index in [2.05, 4.69) is 31.2 Å². The lowest BCUT2D eigenvalue weighted by molar-refractivity contribution is -0.122. The molecule has 0 radical (unpaired) electrons. The number of aliphatic hydroxyl groups excluding tert-OH is 1. The van der Waals surface area contributed by atoms with E-state index >= 15 is 0 Å². The lowest BCUT2D eigenvalue weighted by atomic mass is 9.56. The molecule has 1 aromatic rings. The van der Waals surface area contributed by atoms with Crippen molar-refractivity contribution >= 4 is 5.57 Å². The Morgan fingerprint density at radius 2 is 1.93 bits per heavy atom. The quantitative estimate of drug-likeness (QED) is 0.655. The summed E-state index contributed by atoms with van der Waals surface area (Å²) in [5.74, 6) is 2.46. The maximum atomic E-state index is 9.70.